The van der Waals surface area contributed by atoms with Crippen LogP contribution in [0.25, 0.3) is 0 Å². The monoisotopic (exact) mass is 718 g/mol. The summed E-state index contributed by atoms with van der Waals surface area (Å²) in [6.07, 6.45) is 3.59. The van der Waals surface area contributed by atoms with Gasteiger partial charge in [0.1, 0.15) is 12.6 Å². The Morgan fingerprint density at radius 1 is 0.824 bits per heavy atom. The van der Waals surface area contributed by atoms with Crippen LogP contribution in [0, 0.1) is 11.8 Å². The third-order valence-corrected chi connectivity index (χ3v) is 13.3. The largest absolute Gasteiger partial charge is 0.445 e. The van der Waals surface area contributed by atoms with Crippen molar-refractivity contribution in [3.05, 3.63) is 65.2 Å². The molecule has 0 aromatic heterocycles. The Hall–Kier alpha value is -4.30. The zero-order chi connectivity index (χ0) is 35.5. The number of rotatable bonds is 8. The van der Waals surface area contributed by atoms with Gasteiger partial charge in [-0.25, -0.2) is 13.4 Å². The first kappa shape index (κ1) is 35.1. The molecule has 4 fully saturated rings. The summed E-state index contributed by atoms with van der Waals surface area (Å²) in [7, 11) is -2.23. The fraction of sp³-hybridized carbons (Fsp3) is 0.541. The predicted octanol–water partition coefficient (Wildman–Crippen LogP) is 3.14. The summed E-state index contributed by atoms with van der Waals surface area (Å²) < 4.78 is 23.8. The average molecular weight is 719 g/mol. The Balaban J connectivity index is 0.830. The molecule has 0 spiro atoms. The molecule has 1 N–H and O–H groups in total. The number of nitrogens with zero attached hydrogens (tertiary/aromatic N) is 5. The summed E-state index contributed by atoms with van der Waals surface area (Å²) in [4.78, 5) is 70.2. The van der Waals surface area contributed by atoms with Gasteiger partial charge in [-0.2, -0.15) is 0 Å². The first-order valence-corrected chi connectivity index (χ1v) is 20.0. The smallest absolute Gasteiger partial charge is 0.410 e. The molecular weight excluding hydrogens is 673 g/mol. The zero-order valence-electron chi connectivity index (χ0n) is 28.9. The van der Waals surface area contributed by atoms with Gasteiger partial charge in [0.15, 0.2) is 0 Å². The summed E-state index contributed by atoms with van der Waals surface area (Å²) in [5, 5.41) is 2.23. The number of fused-ring (bicyclic) bond motifs is 1. The van der Waals surface area contributed by atoms with Crippen molar-refractivity contribution in [3.8, 4) is 0 Å². The molecule has 0 bridgehead atoms. The maximum atomic E-state index is 13.6. The van der Waals surface area contributed by atoms with Gasteiger partial charge >= 0.3 is 6.09 Å². The molecule has 5 aliphatic heterocycles. The van der Waals surface area contributed by atoms with Crippen molar-refractivity contribution in [2.24, 2.45) is 16.2 Å². The van der Waals surface area contributed by atoms with Crippen LogP contribution in [0.15, 0.2) is 52.9 Å². The van der Waals surface area contributed by atoms with E-state index in [9.17, 15) is 28.2 Å². The highest BCUT2D eigenvalue weighted by atomic mass is 32.2. The highest BCUT2D eigenvalue weighted by Crippen LogP contribution is 2.32. The van der Waals surface area contributed by atoms with Crippen LogP contribution >= 0.6 is 0 Å². The van der Waals surface area contributed by atoms with Crippen molar-refractivity contribution in [1.29, 1.82) is 0 Å². The number of ether oxygens (including phenoxy) is 1. The fourth-order valence-electron chi connectivity index (χ4n) is 7.81. The lowest BCUT2D eigenvalue weighted by Gasteiger charge is -2.37. The first-order chi connectivity index (χ1) is 24.7. The Bertz CT molecular complexity index is 1780. The molecule has 5 amide bonds. The van der Waals surface area contributed by atoms with Crippen LogP contribution in [0.3, 0.4) is 0 Å². The van der Waals surface area contributed by atoms with E-state index in [1.54, 1.807) is 17.0 Å². The third kappa shape index (κ3) is 7.96. The fourth-order valence-corrected chi connectivity index (χ4v) is 9.85. The SMILES string of the molecule is O=C1CCC(N2C(=O)c3ccc(N4CCC(CN5CCS(=O)(=NCC6CCN(C(=O)OCc7ccccc7)CC6)CC5)CC4)cc3C2=O)C(=O)N1. The van der Waals surface area contributed by atoms with Crippen LogP contribution in [-0.4, -0.2) is 119 Å². The van der Waals surface area contributed by atoms with Gasteiger partial charge < -0.3 is 19.4 Å². The molecule has 0 aliphatic carbocycles. The molecule has 272 valence electrons. The van der Waals surface area contributed by atoms with Crippen molar-refractivity contribution < 1.29 is 32.9 Å². The average Bonchev–Trinajstić information content (AvgIpc) is 3.40. The molecule has 5 aliphatic rings. The number of hydrogen-bond acceptors (Lipinski definition) is 10. The predicted molar refractivity (Wildman–Crippen MR) is 191 cm³/mol. The van der Waals surface area contributed by atoms with Gasteiger partial charge in [0, 0.05) is 79.2 Å². The molecule has 7 rings (SSSR count). The van der Waals surface area contributed by atoms with Gasteiger partial charge in [-0.3, -0.25) is 29.4 Å². The Morgan fingerprint density at radius 2 is 1.51 bits per heavy atom. The summed E-state index contributed by atoms with van der Waals surface area (Å²) in [5.74, 6) is 0.0403. The van der Waals surface area contributed by atoms with Crippen LogP contribution in [0.1, 0.15) is 64.8 Å². The summed E-state index contributed by atoms with van der Waals surface area (Å²) in [6, 6.07) is 14.0. The standard InChI is InChI=1S/C37H46N6O7S/c44-33-9-8-32(34(45)39-33)43-35(46)30-7-6-29(22-31(30)36(43)47)41-14-12-27(13-15-41)24-40-18-20-51(49,21-19-40)38-23-26-10-16-42(17-11-26)37(48)50-25-28-4-2-1-3-5-28/h1-7,22,26-27,32H,8-21,23-25H2,(H,39,44,45). The highest BCUT2D eigenvalue weighted by Gasteiger charge is 2.45. The van der Waals surface area contributed by atoms with Crippen molar-refractivity contribution in [2.75, 3.05) is 68.8 Å². The maximum Gasteiger partial charge on any atom is 0.410 e. The van der Waals surface area contributed by atoms with Crippen LogP contribution in [-0.2, 0) is 30.7 Å². The number of imide groups is 2. The van der Waals surface area contributed by atoms with Crippen LogP contribution in [0.2, 0.25) is 0 Å². The quantitative estimate of drug-likeness (QED) is 0.407. The summed E-state index contributed by atoms with van der Waals surface area (Å²) >= 11 is 0. The molecule has 1 atom stereocenters. The molecule has 0 radical (unpaired) electrons. The molecule has 14 heteroatoms. The number of hydrogen-bond donors (Lipinski definition) is 1. The van der Waals surface area contributed by atoms with Crippen LogP contribution in [0.4, 0.5) is 10.5 Å². The molecule has 1 unspecified atom stereocenters. The zero-order valence-corrected chi connectivity index (χ0v) is 29.7. The number of amides is 5. The molecular formula is C37H46N6O7S. The lowest BCUT2D eigenvalue weighted by Crippen LogP contribution is -2.54. The second kappa shape index (κ2) is 15.1. The van der Waals surface area contributed by atoms with Crippen LogP contribution in [0.5, 0.6) is 0 Å². The summed E-state index contributed by atoms with van der Waals surface area (Å²) in [6.45, 7) is 6.28. The van der Waals surface area contributed by atoms with Gasteiger partial charge in [-0.1, -0.05) is 30.3 Å². The molecule has 2 aromatic carbocycles. The Kier molecular flexibility index (Phi) is 10.4. The van der Waals surface area contributed by atoms with Gasteiger partial charge in [-0.05, 0) is 67.7 Å². The first-order valence-electron chi connectivity index (χ1n) is 18.1. The van der Waals surface area contributed by atoms with Crippen molar-refractivity contribution in [3.63, 3.8) is 0 Å². The number of benzene rings is 2. The second-order valence-corrected chi connectivity index (χ2v) is 17.0. The Morgan fingerprint density at radius 3 is 2.22 bits per heavy atom. The van der Waals surface area contributed by atoms with Crippen molar-refractivity contribution in [1.82, 2.24) is 20.0 Å². The minimum absolute atomic E-state index is 0.0908. The number of carbonyl (C=O) groups excluding carboxylic acids is 5. The van der Waals surface area contributed by atoms with Gasteiger partial charge in [0.2, 0.25) is 11.8 Å². The topological polar surface area (TPSA) is 149 Å². The van der Waals surface area contributed by atoms with E-state index in [0.29, 0.717) is 54.1 Å². The number of carbonyl (C=O) groups is 5. The molecule has 2 aromatic rings. The van der Waals surface area contributed by atoms with E-state index in [1.807, 2.05) is 36.4 Å². The molecule has 51 heavy (non-hydrogen) atoms. The molecule has 4 saturated heterocycles. The number of nitrogens with one attached hydrogen (secondary N) is 1. The third-order valence-electron chi connectivity index (χ3n) is 11.0. The van der Waals surface area contributed by atoms with Crippen molar-refractivity contribution in [2.45, 2.75) is 51.2 Å². The van der Waals surface area contributed by atoms with Gasteiger partial charge in [0.25, 0.3) is 11.8 Å². The van der Waals surface area contributed by atoms with Gasteiger partial charge in [0.05, 0.1) is 17.7 Å². The van der Waals surface area contributed by atoms with Crippen molar-refractivity contribution >= 4 is 45.1 Å². The van der Waals surface area contributed by atoms with E-state index in [2.05, 4.69) is 15.1 Å². The lowest BCUT2D eigenvalue weighted by molar-refractivity contribution is -0.136. The summed E-state index contributed by atoms with van der Waals surface area (Å²) in [5.41, 5.74) is 2.44. The van der Waals surface area contributed by atoms with Gasteiger partial charge in [-0.15, -0.1) is 0 Å². The Labute approximate surface area is 298 Å². The number of likely N-dealkylation sites (tertiary alicyclic amines) is 1. The van der Waals surface area contributed by atoms with E-state index in [0.717, 1.165) is 74.6 Å². The van der Waals surface area contributed by atoms with E-state index >= 15 is 0 Å². The maximum absolute atomic E-state index is 13.6. The normalized spacial score (nSPS) is 23.3. The molecule has 0 saturated carbocycles. The van der Waals surface area contributed by atoms with E-state index < -0.39 is 39.4 Å². The highest BCUT2D eigenvalue weighted by molar-refractivity contribution is 7.93. The number of piperidine rings is 3. The van der Waals surface area contributed by atoms with E-state index in [1.165, 1.54) is 0 Å². The van der Waals surface area contributed by atoms with E-state index in [4.69, 9.17) is 9.10 Å². The second-order valence-electron chi connectivity index (χ2n) is 14.4. The van der Waals surface area contributed by atoms with E-state index in [-0.39, 0.29) is 25.5 Å². The minimum Gasteiger partial charge on any atom is -0.445 e. The lowest BCUT2D eigenvalue weighted by atomic mass is 9.95. The molecule has 13 nitrogen and oxygen atoms in total. The minimum atomic E-state index is -2.23. The molecule has 5 heterocycles. The van der Waals surface area contributed by atoms with Crippen LogP contribution < -0.4 is 10.2 Å². The number of anilines is 1.